The molecule has 2 N–H and O–H groups in total. The molecule has 0 saturated carbocycles. The molecule has 0 aliphatic carbocycles. The van der Waals surface area contributed by atoms with Crippen LogP contribution in [0.4, 0.5) is 5.69 Å². The molecule has 118 valence electrons. The van der Waals surface area contributed by atoms with Gasteiger partial charge >= 0.3 is 0 Å². The van der Waals surface area contributed by atoms with Gasteiger partial charge in [-0.1, -0.05) is 11.6 Å². The maximum Gasteiger partial charge on any atom is 0.242 e. The molecule has 1 fully saturated rings. The van der Waals surface area contributed by atoms with Crippen LogP contribution >= 0.6 is 11.6 Å². The Morgan fingerprint density at radius 2 is 2.00 bits per heavy atom. The molecule has 1 aliphatic heterocycles. The fraction of sp³-hybridized carbons (Fsp3) is 0.571. The van der Waals surface area contributed by atoms with Gasteiger partial charge in [0.05, 0.1) is 4.90 Å². The maximum atomic E-state index is 12.6. The van der Waals surface area contributed by atoms with E-state index in [2.05, 4.69) is 0 Å². The first-order chi connectivity index (χ1) is 9.82. The predicted octanol–water partition coefficient (Wildman–Crippen LogP) is 2.28. The Morgan fingerprint density at radius 1 is 1.38 bits per heavy atom. The normalized spacial score (nSPS) is 17.3. The third kappa shape index (κ3) is 3.69. The van der Waals surface area contributed by atoms with Crippen molar-refractivity contribution in [2.75, 3.05) is 32.5 Å². The molecule has 7 heteroatoms. The van der Waals surface area contributed by atoms with Crippen molar-refractivity contribution >= 4 is 27.3 Å². The molecule has 1 heterocycles. The van der Waals surface area contributed by atoms with Gasteiger partial charge in [-0.05, 0) is 43.4 Å². The van der Waals surface area contributed by atoms with E-state index in [9.17, 15) is 8.42 Å². The number of nitrogens with zero attached hydrogens (tertiary/aromatic N) is 1. The van der Waals surface area contributed by atoms with Crippen LogP contribution in [0.15, 0.2) is 17.0 Å². The largest absolute Gasteiger partial charge is 0.398 e. The van der Waals surface area contributed by atoms with Crippen LogP contribution in [0, 0.1) is 12.8 Å². The Balaban J connectivity index is 2.20. The number of sulfonamides is 1. The summed E-state index contributed by atoms with van der Waals surface area (Å²) in [5, 5.41) is 0.369. The Morgan fingerprint density at radius 3 is 2.57 bits per heavy atom. The highest BCUT2D eigenvalue weighted by atomic mass is 35.5. The van der Waals surface area contributed by atoms with E-state index in [-0.39, 0.29) is 4.90 Å². The average molecular weight is 333 g/mol. The molecular formula is C14H21ClN2O3S. The van der Waals surface area contributed by atoms with Gasteiger partial charge in [-0.15, -0.1) is 0 Å². The van der Waals surface area contributed by atoms with Crippen LogP contribution < -0.4 is 5.73 Å². The van der Waals surface area contributed by atoms with E-state index in [1.54, 1.807) is 14.0 Å². The molecule has 0 aromatic heterocycles. The molecule has 0 radical (unpaired) electrons. The first-order valence-corrected chi connectivity index (χ1v) is 8.74. The summed E-state index contributed by atoms with van der Waals surface area (Å²) >= 11 is 6.04. The lowest BCUT2D eigenvalue weighted by Gasteiger charge is -2.27. The van der Waals surface area contributed by atoms with Gasteiger partial charge in [0.15, 0.2) is 0 Å². The Kier molecular flexibility index (Phi) is 5.14. The maximum absolute atomic E-state index is 12.6. The third-order valence-electron chi connectivity index (χ3n) is 3.92. The first kappa shape index (κ1) is 16.5. The van der Waals surface area contributed by atoms with E-state index < -0.39 is 10.0 Å². The predicted molar refractivity (Wildman–Crippen MR) is 84.0 cm³/mol. The van der Waals surface area contributed by atoms with E-state index in [0.29, 0.717) is 41.9 Å². The van der Waals surface area contributed by atoms with E-state index in [1.807, 2.05) is 0 Å². The number of benzene rings is 1. The van der Waals surface area contributed by atoms with Gasteiger partial charge in [0.2, 0.25) is 10.0 Å². The van der Waals surface area contributed by atoms with Crippen molar-refractivity contribution in [3.05, 3.63) is 22.7 Å². The average Bonchev–Trinajstić information content (AvgIpc) is 2.45. The molecule has 5 nitrogen and oxygen atoms in total. The van der Waals surface area contributed by atoms with Gasteiger partial charge in [0, 0.05) is 37.5 Å². The Bertz CT molecular complexity index is 590. The summed E-state index contributed by atoms with van der Waals surface area (Å²) in [7, 11) is -1.98. The van der Waals surface area contributed by atoms with Gasteiger partial charge in [-0.3, -0.25) is 0 Å². The summed E-state index contributed by atoms with van der Waals surface area (Å²) in [6.45, 7) is 3.64. The lowest BCUT2D eigenvalue weighted by atomic mass is 10.0. The molecule has 0 spiro atoms. The van der Waals surface area contributed by atoms with Gasteiger partial charge in [-0.2, -0.15) is 0 Å². The number of hydrogen-bond donors (Lipinski definition) is 1. The van der Waals surface area contributed by atoms with Crippen LogP contribution in [0.2, 0.25) is 5.02 Å². The van der Waals surface area contributed by atoms with Gasteiger partial charge < -0.3 is 10.5 Å². The standard InChI is InChI=1S/C14H21ClN2O3S/c1-10-13(15)7-12(8-14(10)16)21(18,19)17(2)9-11-3-5-20-6-4-11/h7-8,11H,3-6,9,16H2,1-2H3. The molecule has 21 heavy (non-hydrogen) atoms. The lowest BCUT2D eigenvalue weighted by Crippen LogP contribution is -2.34. The molecule has 1 saturated heterocycles. The molecule has 1 aliphatic rings. The van der Waals surface area contributed by atoms with Crippen molar-refractivity contribution in [1.82, 2.24) is 4.31 Å². The molecule has 0 bridgehead atoms. The van der Waals surface area contributed by atoms with Crippen LogP contribution in [-0.2, 0) is 14.8 Å². The van der Waals surface area contributed by atoms with Gasteiger partial charge in [-0.25, -0.2) is 12.7 Å². The second kappa shape index (κ2) is 6.52. The van der Waals surface area contributed by atoms with E-state index in [4.69, 9.17) is 22.1 Å². The van der Waals surface area contributed by atoms with Crippen LogP contribution in [0.3, 0.4) is 0 Å². The zero-order valence-corrected chi connectivity index (χ0v) is 13.9. The molecule has 1 aromatic rings. The minimum atomic E-state index is -3.57. The molecule has 0 amide bonds. The first-order valence-electron chi connectivity index (χ1n) is 6.92. The number of ether oxygens (including phenoxy) is 1. The molecule has 0 unspecified atom stereocenters. The smallest absolute Gasteiger partial charge is 0.242 e. The van der Waals surface area contributed by atoms with Gasteiger partial charge in [0.1, 0.15) is 0 Å². The van der Waals surface area contributed by atoms with Crippen molar-refractivity contribution in [2.24, 2.45) is 5.92 Å². The highest BCUT2D eigenvalue weighted by Crippen LogP contribution is 2.28. The summed E-state index contributed by atoms with van der Waals surface area (Å²) in [5.41, 5.74) is 6.90. The SMILES string of the molecule is Cc1c(N)cc(S(=O)(=O)N(C)CC2CCOCC2)cc1Cl. The fourth-order valence-corrected chi connectivity index (χ4v) is 3.99. The highest BCUT2D eigenvalue weighted by molar-refractivity contribution is 7.89. The number of halogens is 1. The molecule has 2 rings (SSSR count). The quantitative estimate of drug-likeness (QED) is 0.858. The van der Waals surface area contributed by atoms with Crippen LogP contribution in [0.1, 0.15) is 18.4 Å². The summed E-state index contributed by atoms with van der Waals surface area (Å²) in [5.74, 6) is 0.330. The number of rotatable bonds is 4. The van der Waals surface area contributed by atoms with Gasteiger partial charge in [0.25, 0.3) is 0 Å². The zero-order chi connectivity index (χ0) is 15.6. The highest BCUT2D eigenvalue weighted by Gasteiger charge is 2.26. The Hall–Kier alpha value is -0.820. The topological polar surface area (TPSA) is 72.6 Å². The molecular weight excluding hydrogens is 312 g/mol. The van der Waals surface area contributed by atoms with Crippen LogP contribution in [0.25, 0.3) is 0 Å². The summed E-state index contributed by atoms with van der Waals surface area (Å²) in [6.07, 6.45) is 1.77. The molecule has 1 aromatic carbocycles. The minimum Gasteiger partial charge on any atom is -0.398 e. The zero-order valence-electron chi connectivity index (χ0n) is 12.3. The summed E-state index contributed by atoms with van der Waals surface area (Å²) in [6, 6.07) is 2.93. The number of hydrogen-bond acceptors (Lipinski definition) is 4. The number of anilines is 1. The third-order valence-corrected chi connectivity index (χ3v) is 6.12. The van der Waals surface area contributed by atoms with Crippen molar-refractivity contribution < 1.29 is 13.2 Å². The van der Waals surface area contributed by atoms with E-state index in [1.165, 1.54) is 16.4 Å². The van der Waals surface area contributed by atoms with Crippen LogP contribution in [-0.4, -0.2) is 39.5 Å². The Labute approximate surface area is 131 Å². The van der Waals surface area contributed by atoms with Crippen molar-refractivity contribution in [3.63, 3.8) is 0 Å². The number of nitrogens with two attached hydrogens (primary N) is 1. The summed E-state index contributed by atoms with van der Waals surface area (Å²) in [4.78, 5) is 0.144. The van der Waals surface area contributed by atoms with Crippen LogP contribution in [0.5, 0.6) is 0 Å². The van der Waals surface area contributed by atoms with E-state index in [0.717, 1.165) is 12.8 Å². The fourth-order valence-electron chi connectivity index (χ4n) is 2.39. The molecule has 0 atom stereocenters. The van der Waals surface area contributed by atoms with Crippen molar-refractivity contribution in [2.45, 2.75) is 24.7 Å². The monoisotopic (exact) mass is 332 g/mol. The van der Waals surface area contributed by atoms with Crippen molar-refractivity contribution in [1.29, 1.82) is 0 Å². The second-order valence-corrected chi connectivity index (χ2v) is 7.91. The van der Waals surface area contributed by atoms with E-state index >= 15 is 0 Å². The lowest BCUT2D eigenvalue weighted by molar-refractivity contribution is 0.0620. The minimum absolute atomic E-state index is 0.144. The second-order valence-electron chi connectivity index (χ2n) is 5.46. The summed E-state index contributed by atoms with van der Waals surface area (Å²) < 4.78 is 31.9. The number of nitrogen functional groups attached to an aromatic ring is 1. The van der Waals surface area contributed by atoms with Crippen molar-refractivity contribution in [3.8, 4) is 0 Å².